The first-order valence-corrected chi connectivity index (χ1v) is 9.98. The van der Waals surface area contributed by atoms with E-state index in [-0.39, 0.29) is 24.0 Å². The summed E-state index contributed by atoms with van der Waals surface area (Å²) in [7, 11) is -3.30. The second-order valence-corrected chi connectivity index (χ2v) is 7.93. The lowest BCUT2D eigenvalue weighted by Gasteiger charge is -2.31. The van der Waals surface area contributed by atoms with Gasteiger partial charge in [-0.3, -0.25) is 4.72 Å². The van der Waals surface area contributed by atoms with Crippen LogP contribution in [0.1, 0.15) is 19.8 Å². The normalized spacial score (nSPS) is 18.4. The predicted molar refractivity (Wildman–Crippen MR) is 112 cm³/mol. The number of likely N-dealkylation sites (tertiary alicyclic amines) is 1. The van der Waals surface area contributed by atoms with E-state index >= 15 is 0 Å². The number of hydrogen-bond donors (Lipinski definition) is 2. The van der Waals surface area contributed by atoms with Crippen molar-refractivity contribution < 1.29 is 13.2 Å². The van der Waals surface area contributed by atoms with E-state index in [1.165, 1.54) is 6.42 Å². The first-order valence-electron chi connectivity index (χ1n) is 8.09. The van der Waals surface area contributed by atoms with Gasteiger partial charge in [0.1, 0.15) is 12.4 Å². The highest BCUT2D eigenvalue weighted by Crippen LogP contribution is 2.18. The first kappa shape index (κ1) is 21.8. The number of piperidine rings is 1. The molecule has 9 heteroatoms. The van der Waals surface area contributed by atoms with E-state index in [9.17, 15) is 8.42 Å². The Morgan fingerprint density at radius 3 is 2.92 bits per heavy atom. The van der Waals surface area contributed by atoms with Crippen molar-refractivity contribution in [3.05, 3.63) is 24.3 Å². The van der Waals surface area contributed by atoms with Crippen LogP contribution in [-0.4, -0.2) is 51.8 Å². The molecule has 1 heterocycles. The average Bonchev–Trinajstić information content (AvgIpc) is 2.50. The molecule has 0 radical (unpaired) electrons. The largest absolute Gasteiger partial charge is 0.492 e. The number of benzene rings is 1. The molecule has 1 atom stereocenters. The standard InChI is InChI=1S/C16H26N4O3S.HI/c1-13-5-4-9-20(12-13)16(17)18-8-10-23-15-7-3-6-14(11-15)19-24(2,21)22;/h3,6-7,11,13,19H,4-5,8-10,12H2,1-2H3,(H2,17,18);1H. The van der Waals surface area contributed by atoms with Crippen molar-refractivity contribution in [1.29, 1.82) is 0 Å². The summed E-state index contributed by atoms with van der Waals surface area (Å²) < 4.78 is 30.5. The Morgan fingerprint density at radius 1 is 1.48 bits per heavy atom. The Hall–Kier alpha value is -1.23. The third kappa shape index (κ3) is 8.13. The van der Waals surface area contributed by atoms with E-state index in [0.717, 1.165) is 25.8 Å². The van der Waals surface area contributed by atoms with E-state index in [4.69, 9.17) is 10.5 Å². The number of nitrogens with one attached hydrogen (secondary N) is 1. The molecule has 1 aliphatic rings. The molecule has 0 amide bonds. The average molecular weight is 482 g/mol. The first-order chi connectivity index (χ1) is 11.3. The van der Waals surface area contributed by atoms with Gasteiger partial charge < -0.3 is 15.4 Å². The zero-order valence-corrected chi connectivity index (χ0v) is 17.8. The third-order valence-electron chi connectivity index (χ3n) is 3.75. The monoisotopic (exact) mass is 482 g/mol. The van der Waals surface area contributed by atoms with Crippen LogP contribution in [0.2, 0.25) is 0 Å². The summed E-state index contributed by atoms with van der Waals surface area (Å²) >= 11 is 0. The third-order valence-corrected chi connectivity index (χ3v) is 4.36. The topological polar surface area (TPSA) is 97.0 Å². The van der Waals surface area contributed by atoms with E-state index < -0.39 is 10.0 Å². The van der Waals surface area contributed by atoms with Gasteiger partial charge in [-0.1, -0.05) is 13.0 Å². The lowest BCUT2D eigenvalue weighted by Crippen LogP contribution is -2.43. The number of sulfonamides is 1. The van der Waals surface area contributed by atoms with Crippen molar-refractivity contribution in [2.75, 3.05) is 37.2 Å². The molecule has 0 spiro atoms. The maximum absolute atomic E-state index is 11.2. The zero-order valence-electron chi connectivity index (χ0n) is 14.6. The molecular weight excluding hydrogens is 455 g/mol. The fourth-order valence-electron chi connectivity index (χ4n) is 2.68. The zero-order chi connectivity index (χ0) is 17.6. The van der Waals surface area contributed by atoms with Gasteiger partial charge in [-0.15, -0.1) is 24.0 Å². The van der Waals surface area contributed by atoms with E-state index in [1.54, 1.807) is 24.3 Å². The number of anilines is 1. The number of aliphatic imine (C=N–C) groups is 1. The smallest absolute Gasteiger partial charge is 0.229 e. The van der Waals surface area contributed by atoms with Gasteiger partial charge >= 0.3 is 0 Å². The van der Waals surface area contributed by atoms with Gasteiger partial charge in [-0.05, 0) is 30.9 Å². The minimum absolute atomic E-state index is 0. The SMILES string of the molecule is CC1CCCN(C(N)=NCCOc2cccc(NS(C)(=O)=O)c2)C1.I. The van der Waals surface area contributed by atoms with Gasteiger partial charge in [-0.2, -0.15) is 0 Å². The Balaban J connectivity index is 0.00000312. The Morgan fingerprint density at radius 2 is 2.24 bits per heavy atom. The highest BCUT2D eigenvalue weighted by Gasteiger charge is 2.17. The highest BCUT2D eigenvalue weighted by atomic mass is 127. The van der Waals surface area contributed by atoms with Crippen molar-refractivity contribution >= 4 is 45.6 Å². The molecule has 1 aromatic rings. The fourth-order valence-corrected chi connectivity index (χ4v) is 3.24. The van der Waals surface area contributed by atoms with E-state index in [0.29, 0.717) is 36.5 Å². The van der Waals surface area contributed by atoms with Crippen molar-refractivity contribution in [3.63, 3.8) is 0 Å². The number of rotatable bonds is 6. The minimum Gasteiger partial charge on any atom is -0.492 e. The molecule has 1 aliphatic heterocycles. The molecule has 0 saturated carbocycles. The summed E-state index contributed by atoms with van der Waals surface area (Å²) in [5, 5.41) is 0. The summed E-state index contributed by atoms with van der Waals surface area (Å²) in [6.45, 7) is 4.97. The highest BCUT2D eigenvalue weighted by molar-refractivity contribution is 14.0. The second-order valence-electron chi connectivity index (χ2n) is 6.18. The molecule has 1 aromatic carbocycles. The summed E-state index contributed by atoms with van der Waals surface area (Å²) in [5.41, 5.74) is 6.50. The summed E-state index contributed by atoms with van der Waals surface area (Å²) in [5.74, 6) is 1.80. The lowest BCUT2D eigenvalue weighted by molar-refractivity contribution is 0.269. The maximum Gasteiger partial charge on any atom is 0.229 e. The number of hydrogen-bond acceptors (Lipinski definition) is 4. The molecule has 1 unspecified atom stereocenters. The molecule has 1 fully saturated rings. The van der Waals surface area contributed by atoms with Crippen molar-refractivity contribution in [2.24, 2.45) is 16.6 Å². The van der Waals surface area contributed by atoms with Crippen LogP contribution in [0.25, 0.3) is 0 Å². The van der Waals surface area contributed by atoms with Gasteiger partial charge in [0.25, 0.3) is 0 Å². The predicted octanol–water partition coefficient (Wildman–Crippen LogP) is 2.10. The van der Waals surface area contributed by atoms with Gasteiger partial charge in [0.2, 0.25) is 10.0 Å². The van der Waals surface area contributed by atoms with Crippen LogP contribution in [0.5, 0.6) is 5.75 Å². The second kappa shape index (κ2) is 10.0. The summed E-state index contributed by atoms with van der Waals surface area (Å²) in [6.07, 6.45) is 3.50. The van der Waals surface area contributed by atoms with Gasteiger partial charge in [-0.25, -0.2) is 13.4 Å². The number of nitrogens with zero attached hydrogens (tertiary/aromatic N) is 2. The molecule has 1 saturated heterocycles. The molecular formula is C16H27IN4O3S. The number of nitrogens with two attached hydrogens (primary N) is 1. The molecule has 0 aliphatic carbocycles. The van der Waals surface area contributed by atoms with Crippen molar-refractivity contribution in [1.82, 2.24) is 4.90 Å². The number of ether oxygens (including phenoxy) is 1. The van der Waals surface area contributed by atoms with Gasteiger partial charge in [0, 0.05) is 19.2 Å². The van der Waals surface area contributed by atoms with E-state index in [2.05, 4.69) is 21.5 Å². The van der Waals surface area contributed by atoms with Crippen molar-refractivity contribution in [3.8, 4) is 5.75 Å². The maximum atomic E-state index is 11.2. The minimum atomic E-state index is -3.30. The summed E-state index contributed by atoms with van der Waals surface area (Å²) in [4.78, 5) is 6.48. The quantitative estimate of drug-likeness (QED) is 0.280. The Labute approximate surface area is 167 Å². The Kier molecular flexibility index (Phi) is 8.77. The van der Waals surface area contributed by atoms with Crippen LogP contribution in [0, 0.1) is 5.92 Å². The van der Waals surface area contributed by atoms with Gasteiger partial charge in [0.15, 0.2) is 5.96 Å². The molecule has 25 heavy (non-hydrogen) atoms. The van der Waals surface area contributed by atoms with Crippen LogP contribution in [0.4, 0.5) is 5.69 Å². The van der Waals surface area contributed by atoms with Crippen LogP contribution < -0.4 is 15.2 Å². The number of halogens is 1. The lowest BCUT2D eigenvalue weighted by atomic mass is 10.0. The molecule has 3 N–H and O–H groups in total. The van der Waals surface area contributed by atoms with Crippen LogP contribution in [-0.2, 0) is 10.0 Å². The molecule has 0 bridgehead atoms. The molecule has 2 rings (SSSR count). The van der Waals surface area contributed by atoms with Crippen LogP contribution >= 0.6 is 24.0 Å². The van der Waals surface area contributed by atoms with Gasteiger partial charge in [0.05, 0.1) is 18.5 Å². The number of guanidine groups is 1. The summed E-state index contributed by atoms with van der Waals surface area (Å²) in [6, 6.07) is 6.81. The van der Waals surface area contributed by atoms with Crippen molar-refractivity contribution in [2.45, 2.75) is 19.8 Å². The molecule has 0 aromatic heterocycles. The molecule has 142 valence electrons. The fraction of sp³-hybridized carbons (Fsp3) is 0.562. The Bertz CT molecular complexity index is 682. The van der Waals surface area contributed by atoms with Crippen LogP contribution in [0.15, 0.2) is 29.3 Å². The molecule has 7 nitrogen and oxygen atoms in total. The van der Waals surface area contributed by atoms with Crippen LogP contribution in [0.3, 0.4) is 0 Å². The van der Waals surface area contributed by atoms with E-state index in [1.807, 2.05) is 0 Å².